The SMILES string of the molecule is CC(CCN(C)C)NC(=O)NC1CCCC(C(=O)O)C1. The molecule has 1 rings (SSSR count). The molecule has 3 N–H and O–H groups in total. The second-order valence-corrected chi connectivity index (χ2v) is 6.01. The molecule has 0 aromatic heterocycles. The van der Waals surface area contributed by atoms with Gasteiger partial charge in [-0.1, -0.05) is 6.42 Å². The lowest BCUT2D eigenvalue weighted by Crippen LogP contribution is -2.47. The first-order valence-electron chi connectivity index (χ1n) is 7.33. The fourth-order valence-electron chi connectivity index (χ4n) is 2.52. The minimum absolute atomic E-state index is 0.0223. The molecule has 0 heterocycles. The number of carbonyl (C=O) groups excluding carboxylic acids is 1. The molecule has 1 aliphatic rings. The summed E-state index contributed by atoms with van der Waals surface area (Å²) >= 11 is 0. The Bertz CT molecular complexity index is 334. The van der Waals surface area contributed by atoms with Gasteiger partial charge in [0.05, 0.1) is 5.92 Å². The highest BCUT2D eigenvalue weighted by atomic mass is 16.4. The number of carboxylic acid groups (broad SMARTS) is 1. The molecule has 3 unspecified atom stereocenters. The molecule has 0 aromatic carbocycles. The van der Waals surface area contributed by atoms with Crippen LogP contribution in [0.1, 0.15) is 39.0 Å². The third-order valence-corrected chi connectivity index (χ3v) is 3.75. The Hall–Kier alpha value is -1.30. The Morgan fingerprint density at radius 2 is 2.05 bits per heavy atom. The van der Waals surface area contributed by atoms with Gasteiger partial charge in [-0.05, 0) is 53.2 Å². The van der Waals surface area contributed by atoms with E-state index in [4.69, 9.17) is 5.11 Å². The second-order valence-electron chi connectivity index (χ2n) is 6.01. The Morgan fingerprint density at radius 3 is 2.65 bits per heavy atom. The van der Waals surface area contributed by atoms with E-state index in [-0.39, 0.29) is 24.0 Å². The first kappa shape index (κ1) is 16.8. The van der Waals surface area contributed by atoms with Crippen LogP contribution in [-0.4, -0.2) is 54.7 Å². The fraction of sp³-hybridized carbons (Fsp3) is 0.857. The maximum atomic E-state index is 11.9. The monoisotopic (exact) mass is 285 g/mol. The smallest absolute Gasteiger partial charge is 0.315 e. The summed E-state index contributed by atoms with van der Waals surface area (Å²) in [5, 5.41) is 14.8. The summed E-state index contributed by atoms with van der Waals surface area (Å²) in [4.78, 5) is 24.9. The number of nitrogens with one attached hydrogen (secondary N) is 2. The van der Waals surface area contributed by atoms with Crippen LogP contribution in [0.2, 0.25) is 0 Å². The summed E-state index contributed by atoms with van der Waals surface area (Å²) in [5.41, 5.74) is 0. The van der Waals surface area contributed by atoms with Crippen LogP contribution >= 0.6 is 0 Å². The minimum atomic E-state index is -0.753. The topological polar surface area (TPSA) is 81.7 Å². The van der Waals surface area contributed by atoms with Gasteiger partial charge in [-0.2, -0.15) is 0 Å². The molecule has 1 fully saturated rings. The van der Waals surface area contributed by atoms with Crippen LogP contribution in [0.4, 0.5) is 4.79 Å². The molecule has 6 heteroatoms. The summed E-state index contributed by atoms with van der Waals surface area (Å²) in [5.74, 6) is -1.07. The predicted molar refractivity (Wildman–Crippen MR) is 77.7 cm³/mol. The van der Waals surface area contributed by atoms with Crippen molar-refractivity contribution in [3.8, 4) is 0 Å². The van der Waals surface area contributed by atoms with Gasteiger partial charge in [0.15, 0.2) is 0 Å². The highest BCUT2D eigenvalue weighted by Crippen LogP contribution is 2.24. The molecular weight excluding hydrogens is 258 g/mol. The van der Waals surface area contributed by atoms with Crippen molar-refractivity contribution in [1.29, 1.82) is 0 Å². The van der Waals surface area contributed by atoms with Crippen molar-refractivity contribution in [2.45, 2.75) is 51.1 Å². The quantitative estimate of drug-likeness (QED) is 0.686. The van der Waals surface area contributed by atoms with E-state index in [0.29, 0.717) is 12.8 Å². The molecule has 3 atom stereocenters. The molecule has 116 valence electrons. The number of carbonyl (C=O) groups is 2. The van der Waals surface area contributed by atoms with Crippen molar-refractivity contribution in [3.63, 3.8) is 0 Å². The van der Waals surface area contributed by atoms with Crippen LogP contribution in [-0.2, 0) is 4.79 Å². The third kappa shape index (κ3) is 6.23. The number of rotatable bonds is 6. The van der Waals surface area contributed by atoms with Gasteiger partial charge in [0.1, 0.15) is 0 Å². The normalized spacial score (nSPS) is 24.2. The second kappa shape index (κ2) is 8.09. The zero-order valence-corrected chi connectivity index (χ0v) is 12.7. The summed E-state index contributed by atoms with van der Waals surface area (Å²) in [7, 11) is 4.00. The predicted octanol–water partition coefficient (Wildman–Crippen LogP) is 1.27. The Morgan fingerprint density at radius 1 is 1.35 bits per heavy atom. The van der Waals surface area contributed by atoms with Gasteiger partial charge >= 0.3 is 12.0 Å². The maximum Gasteiger partial charge on any atom is 0.315 e. The minimum Gasteiger partial charge on any atom is -0.481 e. The van der Waals surface area contributed by atoms with Gasteiger partial charge in [0.25, 0.3) is 0 Å². The first-order valence-corrected chi connectivity index (χ1v) is 7.33. The highest BCUT2D eigenvalue weighted by Gasteiger charge is 2.27. The number of urea groups is 1. The lowest BCUT2D eigenvalue weighted by atomic mass is 9.86. The van der Waals surface area contributed by atoms with Gasteiger partial charge in [-0.15, -0.1) is 0 Å². The molecule has 20 heavy (non-hydrogen) atoms. The molecule has 0 saturated heterocycles. The number of amides is 2. The number of aliphatic carboxylic acids is 1. The average Bonchev–Trinajstić information content (AvgIpc) is 2.36. The van der Waals surface area contributed by atoms with Crippen molar-refractivity contribution >= 4 is 12.0 Å². The first-order chi connectivity index (χ1) is 9.38. The van der Waals surface area contributed by atoms with Crippen LogP contribution in [0.15, 0.2) is 0 Å². The Kier molecular flexibility index (Phi) is 6.78. The third-order valence-electron chi connectivity index (χ3n) is 3.75. The molecule has 6 nitrogen and oxygen atoms in total. The van der Waals surface area contributed by atoms with E-state index in [1.54, 1.807) is 0 Å². The Balaban J connectivity index is 2.29. The number of hydrogen-bond acceptors (Lipinski definition) is 3. The van der Waals surface area contributed by atoms with E-state index < -0.39 is 5.97 Å². The zero-order chi connectivity index (χ0) is 15.1. The van der Waals surface area contributed by atoms with E-state index in [1.807, 2.05) is 21.0 Å². The van der Waals surface area contributed by atoms with Crippen LogP contribution in [0.25, 0.3) is 0 Å². The lowest BCUT2D eigenvalue weighted by molar-refractivity contribution is -0.143. The average molecular weight is 285 g/mol. The zero-order valence-electron chi connectivity index (χ0n) is 12.7. The number of nitrogens with zero attached hydrogens (tertiary/aromatic N) is 1. The Labute approximate surface area is 120 Å². The van der Waals surface area contributed by atoms with Crippen molar-refractivity contribution in [2.24, 2.45) is 5.92 Å². The summed E-state index contributed by atoms with van der Waals surface area (Å²) in [6.07, 6.45) is 3.87. The van der Waals surface area contributed by atoms with E-state index in [9.17, 15) is 9.59 Å². The van der Waals surface area contributed by atoms with Gasteiger partial charge in [-0.25, -0.2) is 4.79 Å². The molecule has 1 aliphatic carbocycles. The van der Waals surface area contributed by atoms with Gasteiger partial charge in [-0.3, -0.25) is 4.79 Å². The number of carboxylic acids is 1. The fourth-order valence-corrected chi connectivity index (χ4v) is 2.52. The van der Waals surface area contributed by atoms with E-state index in [1.165, 1.54) is 0 Å². The maximum absolute atomic E-state index is 11.9. The van der Waals surface area contributed by atoms with Crippen LogP contribution in [0, 0.1) is 5.92 Å². The van der Waals surface area contributed by atoms with E-state index >= 15 is 0 Å². The van der Waals surface area contributed by atoms with E-state index in [0.717, 1.165) is 25.8 Å². The molecular formula is C14H27N3O3. The van der Waals surface area contributed by atoms with Crippen molar-refractivity contribution in [2.75, 3.05) is 20.6 Å². The van der Waals surface area contributed by atoms with E-state index in [2.05, 4.69) is 15.5 Å². The van der Waals surface area contributed by atoms with Crippen LogP contribution < -0.4 is 10.6 Å². The van der Waals surface area contributed by atoms with Gasteiger partial charge in [0.2, 0.25) is 0 Å². The largest absolute Gasteiger partial charge is 0.481 e. The van der Waals surface area contributed by atoms with Crippen molar-refractivity contribution in [1.82, 2.24) is 15.5 Å². The van der Waals surface area contributed by atoms with Crippen LogP contribution in [0.3, 0.4) is 0 Å². The molecule has 1 saturated carbocycles. The summed E-state index contributed by atoms with van der Waals surface area (Å²) < 4.78 is 0. The molecule has 0 bridgehead atoms. The van der Waals surface area contributed by atoms with Crippen molar-refractivity contribution < 1.29 is 14.7 Å². The standard InChI is InChI=1S/C14H27N3O3/c1-10(7-8-17(2)3)15-14(20)16-12-6-4-5-11(9-12)13(18)19/h10-12H,4-9H2,1-3H3,(H,18,19)(H2,15,16,20). The summed E-state index contributed by atoms with van der Waals surface area (Å²) in [6.45, 7) is 2.90. The highest BCUT2D eigenvalue weighted by molar-refractivity contribution is 5.75. The molecule has 2 amide bonds. The summed E-state index contributed by atoms with van der Waals surface area (Å²) in [6, 6.07) is -0.102. The van der Waals surface area contributed by atoms with Gasteiger partial charge in [0, 0.05) is 12.1 Å². The van der Waals surface area contributed by atoms with Crippen molar-refractivity contribution in [3.05, 3.63) is 0 Å². The van der Waals surface area contributed by atoms with Crippen LogP contribution in [0.5, 0.6) is 0 Å². The van der Waals surface area contributed by atoms with Gasteiger partial charge < -0.3 is 20.6 Å². The lowest BCUT2D eigenvalue weighted by Gasteiger charge is -2.28. The molecule has 0 spiro atoms. The molecule has 0 aromatic rings. The molecule has 0 aliphatic heterocycles. The molecule has 0 radical (unpaired) electrons. The number of hydrogen-bond donors (Lipinski definition) is 3.